The minimum absolute atomic E-state index is 0.103. The Balaban J connectivity index is 2.15. The van der Waals surface area contributed by atoms with Crippen molar-refractivity contribution in [1.29, 1.82) is 0 Å². The molecule has 0 bridgehead atoms. The summed E-state index contributed by atoms with van der Waals surface area (Å²) in [5.41, 5.74) is 0. The lowest BCUT2D eigenvalue weighted by atomic mass is 10.0. The van der Waals surface area contributed by atoms with Crippen molar-refractivity contribution in [2.45, 2.75) is 58.0 Å². The lowest BCUT2D eigenvalue weighted by Gasteiger charge is -2.24. The van der Waals surface area contributed by atoms with Crippen molar-refractivity contribution in [2.75, 3.05) is 0 Å². The van der Waals surface area contributed by atoms with Crippen LogP contribution in [-0.4, -0.2) is 6.04 Å². The van der Waals surface area contributed by atoms with Gasteiger partial charge in [0.2, 0.25) is 0 Å². The highest BCUT2D eigenvalue weighted by Crippen LogP contribution is 2.32. The molecule has 0 aliphatic rings. The highest BCUT2D eigenvalue weighted by atomic mass is 35.5. The maximum absolute atomic E-state index is 6.11. The minimum Gasteiger partial charge on any atom is -0.467 e. The molecule has 21 heavy (non-hydrogen) atoms. The van der Waals surface area contributed by atoms with Crippen LogP contribution in [0.5, 0.6) is 0 Å². The zero-order valence-electron chi connectivity index (χ0n) is 12.8. The standard InChI is InChI=1S/C17H24ClNOS/c1-3-5-8-13(7-4-2)19-17(14-9-6-12-20-14)15-10-11-16(18)21-15/h6,9-13,17,19H,3-5,7-8H2,1-2H3. The van der Waals surface area contributed by atoms with Gasteiger partial charge in [0.25, 0.3) is 0 Å². The molecule has 0 radical (unpaired) electrons. The summed E-state index contributed by atoms with van der Waals surface area (Å²) >= 11 is 7.73. The van der Waals surface area contributed by atoms with E-state index in [-0.39, 0.29) is 6.04 Å². The number of rotatable bonds is 9. The summed E-state index contributed by atoms with van der Waals surface area (Å²) in [4.78, 5) is 1.22. The van der Waals surface area contributed by atoms with Gasteiger partial charge in [0.05, 0.1) is 10.6 Å². The van der Waals surface area contributed by atoms with Crippen molar-refractivity contribution < 1.29 is 4.42 Å². The van der Waals surface area contributed by atoms with Crippen molar-refractivity contribution in [1.82, 2.24) is 5.32 Å². The lowest BCUT2D eigenvalue weighted by molar-refractivity contribution is 0.372. The third kappa shape index (κ3) is 4.87. The normalized spacial score (nSPS) is 14.2. The van der Waals surface area contributed by atoms with E-state index in [1.807, 2.05) is 18.2 Å². The van der Waals surface area contributed by atoms with Crippen molar-refractivity contribution in [3.05, 3.63) is 45.5 Å². The first-order valence-electron chi connectivity index (χ1n) is 7.79. The Bertz CT molecular complexity index is 509. The molecule has 2 heterocycles. The van der Waals surface area contributed by atoms with E-state index in [0.717, 1.165) is 10.1 Å². The van der Waals surface area contributed by atoms with Crippen molar-refractivity contribution in [2.24, 2.45) is 0 Å². The third-order valence-electron chi connectivity index (χ3n) is 3.65. The van der Waals surface area contributed by atoms with Crippen LogP contribution < -0.4 is 5.32 Å². The highest BCUT2D eigenvalue weighted by Gasteiger charge is 2.22. The summed E-state index contributed by atoms with van der Waals surface area (Å²) in [6, 6.07) is 8.65. The molecule has 0 saturated carbocycles. The fourth-order valence-electron chi connectivity index (χ4n) is 2.59. The van der Waals surface area contributed by atoms with Gasteiger partial charge < -0.3 is 9.73 Å². The average Bonchev–Trinajstić information content (AvgIpc) is 3.13. The summed E-state index contributed by atoms with van der Waals surface area (Å²) in [6.07, 6.45) is 7.82. The number of halogens is 1. The maximum Gasteiger partial charge on any atom is 0.126 e. The monoisotopic (exact) mass is 325 g/mol. The molecule has 0 aliphatic carbocycles. The third-order valence-corrected chi connectivity index (χ3v) is 4.95. The summed E-state index contributed by atoms with van der Waals surface area (Å²) < 4.78 is 6.47. The second kappa shape index (κ2) is 8.62. The summed E-state index contributed by atoms with van der Waals surface area (Å²) in [5.74, 6) is 0.964. The first kappa shape index (κ1) is 16.6. The smallest absolute Gasteiger partial charge is 0.126 e. The van der Waals surface area contributed by atoms with Crippen LogP contribution in [0.15, 0.2) is 34.9 Å². The van der Waals surface area contributed by atoms with E-state index in [1.54, 1.807) is 17.6 Å². The van der Waals surface area contributed by atoms with Gasteiger partial charge in [-0.3, -0.25) is 0 Å². The van der Waals surface area contributed by atoms with E-state index >= 15 is 0 Å². The Morgan fingerprint density at radius 2 is 2.05 bits per heavy atom. The van der Waals surface area contributed by atoms with Gasteiger partial charge in [0, 0.05) is 10.9 Å². The fraction of sp³-hybridized carbons (Fsp3) is 0.529. The van der Waals surface area contributed by atoms with Gasteiger partial charge in [0.1, 0.15) is 11.8 Å². The number of nitrogens with one attached hydrogen (secondary N) is 1. The van der Waals surface area contributed by atoms with Gasteiger partial charge in [-0.25, -0.2) is 0 Å². The molecular weight excluding hydrogens is 302 g/mol. The van der Waals surface area contributed by atoms with Crippen LogP contribution in [0.25, 0.3) is 0 Å². The van der Waals surface area contributed by atoms with Crippen LogP contribution in [0.1, 0.15) is 62.6 Å². The molecule has 2 aromatic heterocycles. The van der Waals surface area contributed by atoms with Gasteiger partial charge in [-0.2, -0.15) is 0 Å². The molecular formula is C17H24ClNOS. The van der Waals surface area contributed by atoms with E-state index in [9.17, 15) is 0 Å². The van der Waals surface area contributed by atoms with Crippen molar-refractivity contribution in [3.8, 4) is 0 Å². The summed E-state index contributed by atoms with van der Waals surface area (Å²) in [6.45, 7) is 4.48. The molecule has 0 fully saturated rings. The Kier molecular flexibility index (Phi) is 6.81. The number of hydrogen-bond donors (Lipinski definition) is 1. The molecule has 2 unspecified atom stereocenters. The SMILES string of the molecule is CCCCC(CCC)NC(c1ccco1)c1ccc(Cl)s1. The van der Waals surface area contributed by atoms with Gasteiger partial charge >= 0.3 is 0 Å². The van der Waals surface area contributed by atoms with Gasteiger partial charge in [0.15, 0.2) is 0 Å². The molecule has 1 N–H and O–H groups in total. The predicted molar refractivity (Wildman–Crippen MR) is 91.2 cm³/mol. The quantitative estimate of drug-likeness (QED) is 0.608. The largest absolute Gasteiger partial charge is 0.467 e. The van der Waals surface area contributed by atoms with Crippen LogP contribution in [0.4, 0.5) is 0 Å². The Morgan fingerprint density at radius 1 is 1.19 bits per heavy atom. The van der Waals surface area contributed by atoms with E-state index < -0.39 is 0 Å². The second-order valence-corrected chi connectivity index (χ2v) is 7.13. The van der Waals surface area contributed by atoms with Gasteiger partial charge in [-0.1, -0.05) is 44.7 Å². The summed E-state index contributed by atoms with van der Waals surface area (Å²) in [7, 11) is 0. The van der Waals surface area contributed by atoms with E-state index in [4.69, 9.17) is 16.0 Å². The minimum atomic E-state index is 0.103. The molecule has 2 rings (SSSR count). The zero-order chi connectivity index (χ0) is 15.1. The lowest BCUT2D eigenvalue weighted by Crippen LogP contribution is -2.33. The number of thiophene rings is 1. The van der Waals surface area contributed by atoms with E-state index in [2.05, 4.69) is 25.2 Å². The molecule has 116 valence electrons. The molecule has 0 amide bonds. The molecule has 2 atom stereocenters. The topological polar surface area (TPSA) is 25.2 Å². The highest BCUT2D eigenvalue weighted by molar-refractivity contribution is 7.16. The fourth-order valence-corrected chi connectivity index (χ4v) is 3.72. The molecule has 2 nitrogen and oxygen atoms in total. The zero-order valence-corrected chi connectivity index (χ0v) is 14.3. The predicted octanol–water partition coefficient (Wildman–Crippen LogP) is 6.03. The summed E-state index contributed by atoms with van der Waals surface area (Å²) in [5, 5.41) is 3.78. The van der Waals surface area contributed by atoms with Crippen molar-refractivity contribution >= 4 is 22.9 Å². The van der Waals surface area contributed by atoms with Crippen LogP contribution >= 0.6 is 22.9 Å². The molecule has 4 heteroatoms. The van der Waals surface area contributed by atoms with Gasteiger partial charge in [-0.05, 0) is 37.1 Å². The molecule has 2 aromatic rings. The molecule has 0 aliphatic heterocycles. The first-order valence-corrected chi connectivity index (χ1v) is 8.98. The van der Waals surface area contributed by atoms with Crippen LogP contribution in [-0.2, 0) is 0 Å². The number of hydrogen-bond acceptors (Lipinski definition) is 3. The van der Waals surface area contributed by atoms with E-state index in [1.165, 1.54) is 37.0 Å². The van der Waals surface area contributed by atoms with Crippen molar-refractivity contribution in [3.63, 3.8) is 0 Å². The average molecular weight is 326 g/mol. The maximum atomic E-state index is 6.11. The number of furan rings is 1. The van der Waals surface area contributed by atoms with Crippen LogP contribution in [0.3, 0.4) is 0 Å². The first-order chi connectivity index (χ1) is 10.2. The number of unbranched alkanes of at least 4 members (excludes halogenated alkanes) is 1. The molecule has 0 aromatic carbocycles. The molecule has 0 spiro atoms. The Hall–Kier alpha value is -0.770. The van der Waals surface area contributed by atoms with Crippen LogP contribution in [0, 0.1) is 0 Å². The van der Waals surface area contributed by atoms with E-state index in [0.29, 0.717) is 6.04 Å². The molecule has 0 saturated heterocycles. The Morgan fingerprint density at radius 3 is 2.62 bits per heavy atom. The second-order valence-electron chi connectivity index (χ2n) is 5.38. The van der Waals surface area contributed by atoms with Crippen LogP contribution in [0.2, 0.25) is 4.34 Å². The Labute approximate surface area is 136 Å². The van der Waals surface area contributed by atoms with Gasteiger partial charge in [-0.15, -0.1) is 11.3 Å².